The SMILES string of the molecule is COCCc1nc(-c2ccc3c(c2)N(CC(C)=O)C(=O)C(C)O3)cs1. The molecule has 3 rings (SSSR count). The molecule has 0 saturated heterocycles. The smallest absolute Gasteiger partial charge is 0.268 e. The molecule has 1 atom stereocenters. The number of thiazole rings is 1. The lowest BCUT2D eigenvalue weighted by Crippen LogP contribution is -2.46. The van der Waals surface area contributed by atoms with E-state index in [-0.39, 0.29) is 18.2 Å². The van der Waals surface area contributed by atoms with Gasteiger partial charge in [0.05, 0.1) is 29.5 Å². The molecule has 0 aliphatic carbocycles. The molecule has 0 bridgehead atoms. The maximum Gasteiger partial charge on any atom is 0.268 e. The molecule has 1 unspecified atom stereocenters. The van der Waals surface area contributed by atoms with Gasteiger partial charge in [-0.1, -0.05) is 0 Å². The number of carbonyl (C=O) groups excluding carboxylic acids is 2. The lowest BCUT2D eigenvalue weighted by atomic mass is 10.1. The molecular weight excluding hydrogens is 340 g/mol. The predicted molar refractivity (Wildman–Crippen MR) is 96.3 cm³/mol. The minimum absolute atomic E-state index is 0.0408. The van der Waals surface area contributed by atoms with Crippen LogP contribution in [0.2, 0.25) is 0 Å². The van der Waals surface area contributed by atoms with Crippen LogP contribution in [0.3, 0.4) is 0 Å². The van der Waals surface area contributed by atoms with Gasteiger partial charge in [0.15, 0.2) is 6.10 Å². The van der Waals surface area contributed by atoms with E-state index in [1.165, 1.54) is 11.8 Å². The van der Waals surface area contributed by atoms with E-state index in [0.717, 1.165) is 22.7 Å². The van der Waals surface area contributed by atoms with Gasteiger partial charge >= 0.3 is 0 Å². The van der Waals surface area contributed by atoms with E-state index in [4.69, 9.17) is 9.47 Å². The van der Waals surface area contributed by atoms with Crippen LogP contribution in [0.4, 0.5) is 5.69 Å². The number of benzene rings is 1. The number of hydrogen-bond donors (Lipinski definition) is 0. The topological polar surface area (TPSA) is 68.7 Å². The predicted octanol–water partition coefficient (Wildman–Crippen LogP) is 2.70. The van der Waals surface area contributed by atoms with Crippen molar-refractivity contribution in [1.29, 1.82) is 0 Å². The average Bonchev–Trinajstić information content (AvgIpc) is 3.05. The van der Waals surface area contributed by atoms with Crippen molar-refractivity contribution in [3.63, 3.8) is 0 Å². The molecule has 0 spiro atoms. The van der Waals surface area contributed by atoms with Gasteiger partial charge in [-0.05, 0) is 32.0 Å². The molecule has 2 aromatic rings. The van der Waals surface area contributed by atoms with E-state index in [1.54, 1.807) is 25.4 Å². The van der Waals surface area contributed by atoms with Gasteiger partial charge in [-0.2, -0.15) is 0 Å². The Hall–Kier alpha value is -2.25. The van der Waals surface area contributed by atoms with E-state index in [9.17, 15) is 9.59 Å². The van der Waals surface area contributed by atoms with Crippen LogP contribution >= 0.6 is 11.3 Å². The first-order valence-corrected chi connectivity index (χ1v) is 8.92. The summed E-state index contributed by atoms with van der Waals surface area (Å²) in [6.07, 6.45) is 0.166. The first-order chi connectivity index (χ1) is 12.0. The zero-order valence-electron chi connectivity index (χ0n) is 14.4. The highest BCUT2D eigenvalue weighted by molar-refractivity contribution is 7.09. The number of anilines is 1. The molecule has 132 valence electrons. The Morgan fingerprint density at radius 3 is 2.96 bits per heavy atom. The zero-order valence-corrected chi connectivity index (χ0v) is 15.3. The molecule has 0 fully saturated rings. The van der Waals surface area contributed by atoms with Gasteiger partial charge in [0.1, 0.15) is 11.5 Å². The Labute approximate surface area is 150 Å². The van der Waals surface area contributed by atoms with Crippen molar-refractivity contribution in [2.24, 2.45) is 0 Å². The third kappa shape index (κ3) is 3.72. The van der Waals surface area contributed by atoms with Crippen LogP contribution in [0.1, 0.15) is 18.9 Å². The van der Waals surface area contributed by atoms with Crippen LogP contribution in [-0.4, -0.2) is 43.0 Å². The molecule has 1 aromatic carbocycles. The standard InChI is InChI=1S/C18H20N2O4S/c1-11(21)9-20-15-8-13(4-5-16(15)24-12(2)18(20)22)14-10-25-17(19-14)6-7-23-3/h4-5,8,10,12H,6-7,9H2,1-3H3. The number of nitrogens with zero attached hydrogens (tertiary/aromatic N) is 2. The van der Waals surface area contributed by atoms with Gasteiger partial charge in [-0.3, -0.25) is 14.5 Å². The van der Waals surface area contributed by atoms with Gasteiger partial charge in [-0.15, -0.1) is 11.3 Å². The summed E-state index contributed by atoms with van der Waals surface area (Å²) < 4.78 is 10.8. The Balaban J connectivity index is 1.94. The number of rotatable bonds is 6. The Kier molecular flexibility index (Phi) is 5.15. The number of Topliss-reactive ketones (excluding diaryl/α,β-unsaturated/α-hetero) is 1. The van der Waals surface area contributed by atoms with Crippen molar-refractivity contribution in [3.8, 4) is 17.0 Å². The molecule has 6 nitrogen and oxygen atoms in total. The number of carbonyl (C=O) groups is 2. The molecule has 0 N–H and O–H groups in total. The minimum atomic E-state index is -0.599. The Morgan fingerprint density at radius 1 is 1.44 bits per heavy atom. The third-order valence-electron chi connectivity index (χ3n) is 3.92. The van der Waals surface area contributed by atoms with Gasteiger partial charge in [-0.25, -0.2) is 4.98 Å². The van der Waals surface area contributed by atoms with Crippen molar-refractivity contribution < 1.29 is 19.1 Å². The number of amides is 1. The lowest BCUT2D eigenvalue weighted by molar-refractivity contribution is -0.127. The fourth-order valence-electron chi connectivity index (χ4n) is 2.70. The molecule has 1 amide bonds. The number of methoxy groups -OCH3 is 1. The number of ketones is 1. The summed E-state index contributed by atoms with van der Waals surface area (Å²) >= 11 is 1.58. The maximum absolute atomic E-state index is 12.4. The zero-order chi connectivity index (χ0) is 18.0. The monoisotopic (exact) mass is 360 g/mol. The number of ether oxygens (including phenoxy) is 2. The van der Waals surface area contributed by atoms with E-state index < -0.39 is 6.10 Å². The first-order valence-electron chi connectivity index (χ1n) is 8.05. The van der Waals surface area contributed by atoms with E-state index in [0.29, 0.717) is 18.0 Å². The fourth-order valence-corrected chi connectivity index (χ4v) is 3.49. The summed E-state index contributed by atoms with van der Waals surface area (Å²) in [6.45, 7) is 3.83. The van der Waals surface area contributed by atoms with E-state index in [1.807, 2.05) is 23.6 Å². The summed E-state index contributed by atoms with van der Waals surface area (Å²) in [4.78, 5) is 30.1. The second-order valence-electron chi connectivity index (χ2n) is 5.94. The van der Waals surface area contributed by atoms with Crippen LogP contribution in [0, 0.1) is 0 Å². The van der Waals surface area contributed by atoms with Crippen molar-refractivity contribution in [1.82, 2.24) is 4.98 Å². The summed E-state index contributed by atoms with van der Waals surface area (Å²) in [6, 6.07) is 5.61. The van der Waals surface area contributed by atoms with E-state index >= 15 is 0 Å². The maximum atomic E-state index is 12.4. The molecule has 1 aliphatic rings. The van der Waals surface area contributed by atoms with Crippen LogP contribution in [-0.2, 0) is 20.7 Å². The lowest BCUT2D eigenvalue weighted by Gasteiger charge is -2.32. The average molecular weight is 360 g/mol. The highest BCUT2D eigenvalue weighted by Crippen LogP contribution is 2.37. The van der Waals surface area contributed by atoms with Crippen molar-refractivity contribution >= 4 is 28.7 Å². The molecule has 0 saturated carbocycles. The largest absolute Gasteiger partial charge is 0.479 e. The summed E-state index contributed by atoms with van der Waals surface area (Å²) in [5.74, 6) is 0.320. The number of fused-ring (bicyclic) bond motifs is 1. The van der Waals surface area contributed by atoms with Gasteiger partial charge < -0.3 is 9.47 Å². The van der Waals surface area contributed by atoms with Crippen LogP contribution in [0.25, 0.3) is 11.3 Å². The number of hydrogen-bond acceptors (Lipinski definition) is 6. The van der Waals surface area contributed by atoms with Crippen LogP contribution < -0.4 is 9.64 Å². The van der Waals surface area contributed by atoms with Gasteiger partial charge in [0.2, 0.25) is 0 Å². The van der Waals surface area contributed by atoms with Crippen LogP contribution in [0.15, 0.2) is 23.6 Å². The minimum Gasteiger partial charge on any atom is -0.479 e. The van der Waals surface area contributed by atoms with Gasteiger partial charge in [0, 0.05) is 24.5 Å². The highest BCUT2D eigenvalue weighted by atomic mass is 32.1. The quantitative estimate of drug-likeness (QED) is 0.792. The molecule has 7 heteroatoms. The highest BCUT2D eigenvalue weighted by Gasteiger charge is 2.32. The molecular formula is C18H20N2O4S. The molecule has 25 heavy (non-hydrogen) atoms. The van der Waals surface area contributed by atoms with Crippen LogP contribution in [0.5, 0.6) is 5.75 Å². The molecule has 1 aromatic heterocycles. The third-order valence-corrected chi connectivity index (χ3v) is 4.82. The fraction of sp³-hybridized carbons (Fsp3) is 0.389. The Morgan fingerprint density at radius 2 is 2.24 bits per heavy atom. The second-order valence-corrected chi connectivity index (χ2v) is 6.88. The normalized spacial score (nSPS) is 16.5. The van der Waals surface area contributed by atoms with Crippen molar-refractivity contribution in [2.45, 2.75) is 26.4 Å². The molecule has 2 heterocycles. The van der Waals surface area contributed by atoms with E-state index in [2.05, 4.69) is 4.98 Å². The number of aromatic nitrogens is 1. The van der Waals surface area contributed by atoms with Crippen molar-refractivity contribution in [2.75, 3.05) is 25.2 Å². The van der Waals surface area contributed by atoms with Gasteiger partial charge in [0.25, 0.3) is 5.91 Å². The van der Waals surface area contributed by atoms with Crippen molar-refractivity contribution in [3.05, 3.63) is 28.6 Å². The molecule has 1 aliphatic heterocycles. The second kappa shape index (κ2) is 7.33. The first kappa shape index (κ1) is 17.6. The summed E-state index contributed by atoms with van der Waals surface area (Å²) in [5.41, 5.74) is 2.34. The molecule has 0 radical (unpaired) electrons. The summed E-state index contributed by atoms with van der Waals surface area (Å²) in [7, 11) is 1.67. The Bertz CT molecular complexity index is 802. The summed E-state index contributed by atoms with van der Waals surface area (Å²) in [5, 5.41) is 2.98.